The fourth-order valence-electron chi connectivity index (χ4n) is 3.00. The molecule has 0 spiro atoms. The summed E-state index contributed by atoms with van der Waals surface area (Å²) in [6.07, 6.45) is 1.48. The fraction of sp³-hybridized carbons (Fsp3) is 0.136. The standard InChI is InChI=1S/C22H17ClFN3O4S2/c1-29-15-8-12(9-16(30-2)20(15)31-3)11-25-27(21(28)17-6-7-19(23)32-17)22-26-14-5-4-13(24)10-18(14)33-22/h4-11H,1-3H3/b25-11+. The summed E-state index contributed by atoms with van der Waals surface area (Å²) in [6.45, 7) is 0. The van der Waals surface area contributed by atoms with E-state index in [2.05, 4.69) is 10.1 Å². The Kier molecular flexibility index (Phi) is 6.77. The molecule has 0 aliphatic rings. The Morgan fingerprint density at radius 1 is 1.06 bits per heavy atom. The second kappa shape index (κ2) is 9.74. The van der Waals surface area contributed by atoms with Crippen LogP contribution in [0.2, 0.25) is 4.34 Å². The third-order valence-corrected chi connectivity index (χ3v) is 6.72. The Balaban J connectivity index is 1.78. The lowest BCUT2D eigenvalue weighted by molar-refractivity contribution is 0.0991. The number of amides is 1. The summed E-state index contributed by atoms with van der Waals surface area (Å²) in [5, 5.41) is 5.84. The van der Waals surface area contributed by atoms with Crippen molar-refractivity contribution in [3.63, 3.8) is 0 Å². The second-order valence-corrected chi connectivity index (χ2v) is 9.26. The van der Waals surface area contributed by atoms with Crippen LogP contribution in [-0.2, 0) is 0 Å². The van der Waals surface area contributed by atoms with E-state index in [1.54, 1.807) is 30.3 Å². The van der Waals surface area contributed by atoms with E-state index in [1.807, 2.05) is 0 Å². The van der Waals surface area contributed by atoms with Crippen LogP contribution in [0.4, 0.5) is 9.52 Å². The molecule has 0 saturated carbocycles. The zero-order valence-corrected chi connectivity index (χ0v) is 20.1. The highest BCUT2D eigenvalue weighted by atomic mass is 35.5. The zero-order chi connectivity index (χ0) is 23.5. The topological polar surface area (TPSA) is 73.2 Å². The van der Waals surface area contributed by atoms with Gasteiger partial charge in [-0.25, -0.2) is 9.37 Å². The Labute approximate surface area is 201 Å². The van der Waals surface area contributed by atoms with E-state index in [-0.39, 0.29) is 10.9 Å². The minimum Gasteiger partial charge on any atom is -0.493 e. The van der Waals surface area contributed by atoms with E-state index >= 15 is 0 Å². The average Bonchev–Trinajstić information content (AvgIpc) is 3.43. The van der Waals surface area contributed by atoms with Gasteiger partial charge in [0, 0.05) is 5.56 Å². The van der Waals surface area contributed by atoms with Crippen molar-refractivity contribution in [2.45, 2.75) is 0 Å². The summed E-state index contributed by atoms with van der Waals surface area (Å²) < 4.78 is 30.8. The highest BCUT2D eigenvalue weighted by Gasteiger charge is 2.23. The van der Waals surface area contributed by atoms with Gasteiger partial charge in [0.2, 0.25) is 10.9 Å². The molecule has 0 fully saturated rings. The monoisotopic (exact) mass is 505 g/mol. The van der Waals surface area contributed by atoms with Gasteiger partial charge in [0.1, 0.15) is 5.82 Å². The maximum atomic E-state index is 13.7. The van der Waals surface area contributed by atoms with Gasteiger partial charge < -0.3 is 14.2 Å². The highest BCUT2D eigenvalue weighted by Crippen LogP contribution is 2.38. The first kappa shape index (κ1) is 23.0. The Bertz CT molecular complexity index is 1330. The number of thiophene rings is 1. The van der Waals surface area contributed by atoms with Crippen molar-refractivity contribution in [1.29, 1.82) is 0 Å². The van der Waals surface area contributed by atoms with Crippen LogP contribution in [0, 0.1) is 5.82 Å². The first-order chi connectivity index (χ1) is 15.9. The molecule has 0 aliphatic carbocycles. The first-order valence-electron chi connectivity index (χ1n) is 9.43. The van der Waals surface area contributed by atoms with Crippen LogP contribution in [-0.4, -0.2) is 38.4 Å². The molecule has 0 aliphatic heterocycles. The van der Waals surface area contributed by atoms with Crippen LogP contribution in [0.25, 0.3) is 10.2 Å². The predicted octanol–water partition coefficient (Wildman–Crippen LogP) is 5.86. The predicted molar refractivity (Wildman–Crippen MR) is 129 cm³/mol. The number of aromatic nitrogens is 1. The van der Waals surface area contributed by atoms with E-state index in [0.717, 1.165) is 27.7 Å². The van der Waals surface area contributed by atoms with Crippen molar-refractivity contribution in [3.8, 4) is 17.2 Å². The maximum absolute atomic E-state index is 13.7. The molecule has 2 heterocycles. The van der Waals surface area contributed by atoms with Crippen LogP contribution >= 0.6 is 34.3 Å². The third kappa shape index (κ3) is 4.77. The summed E-state index contributed by atoms with van der Waals surface area (Å²) >= 11 is 8.30. The van der Waals surface area contributed by atoms with Crippen LogP contribution in [0.3, 0.4) is 0 Å². The van der Waals surface area contributed by atoms with Crippen molar-refractivity contribution in [2.24, 2.45) is 5.10 Å². The van der Waals surface area contributed by atoms with Gasteiger partial charge in [-0.15, -0.1) is 11.3 Å². The zero-order valence-electron chi connectivity index (χ0n) is 17.7. The summed E-state index contributed by atoms with van der Waals surface area (Å²) in [7, 11) is 4.53. The molecule has 11 heteroatoms. The number of ether oxygens (including phenoxy) is 3. The number of fused-ring (bicyclic) bond motifs is 1. The van der Waals surface area contributed by atoms with Gasteiger partial charge in [0.05, 0.1) is 47.0 Å². The minimum atomic E-state index is -0.421. The summed E-state index contributed by atoms with van der Waals surface area (Å²) in [4.78, 5) is 18.1. The summed E-state index contributed by atoms with van der Waals surface area (Å²) in [6, 6.07) is 10.9. The molecule has 4 rings (SSSR count). The molecule has 4 aromatic rings. The van der Waals surface area contributed by atoms with E-state index in [1.165, 1.54) is 39.7 Å². The van der Waals surface area contributed by atoms with Crippen LogP contribution < -0.4 is 19.2 Å². The number of nitrogens with zero attached hydrogens (tertiary/aromatic N) is 3. The highest BCUT2D eigenvalue weighted by molar-refractivity contribution is 7.22. The number of rotatable bonds is 7. The fourth-order valence-corrected chi connectivity index (χ4v) is 4.91. The molecule has 0 bridgehead atoms. The summed E-state index contributed by atoms with van der Waals surface area (Å²) in [5.41, 5.74) is 1.15. The Morgan fingerprint density at radius 3 is 2.39 bits per heavy atom. The lowest BCUT2D eigenvalue weighted by Gasteiger charge is -2.14. The third-order valence-electron chi connectivity index (χ3n) is 4.51. The lowest BCUT2D eigenvalue weighted by Crippen LogP contribution is -2.24. The van der Waals surface area contributed by atoms with E-state index in [4.69, 9.17) is 25.8 Å². The molecule has 0 N–H and O–H groups in total. The molecule has 1 amide bonds. The van der Waals surface area contributed by atoms with Crippen molar-refractivity contribution >= 4 is 61.7 Å². The molecule has 0 atom stereocenters. The number of hydrogen-bond acceptors (Lipinski definition) is 8. The van der Waals surface area contributed by atoms with Gasteiger partial charge in [0.25, 0.3) is 5.91 Å². The van der Waals surface area contributed by atoms with Crippen molar-refractivity contribution in [2.75, 3.05) is 26.3 Å². The maximum Gasteiger partial charge on any atom is 0.290 e. The normalized spacial score (nSPS) is 11.2. The molecule has 7 nitrogen and oxygen atoms in total. The van der Waals surface area contributed by atoms with Gasteiger partial charge in [-0.1, -0.05) is 22.9 Å². The van der Waals surface area contributed by atoms with Crippen molar-refractivity contribution in [3.05, 3.63) is 63.1 Å². The van der Waals surface area contributed by atoms with Crippen molar-refractivity contribution < 1.29 is 23.4 Å². The van der Waals surface area contributed by atoms with E-state index in [0.29, 0.717) is 42.2 Å². The Morgan fingerprint density at radius 2 is 1.79 bits per heavy atom. The number of methoxy groups -OCH3 is 3. The number of hydrazone groups is 1. The molecule has 170 valence electrons. The smallest absolute Gasteiger partial charge is 0.290 e. The molecule has 2 aromatic carbocycles. The van der Waals surface area contributed by atoms with Gasteiger partial charge in [0.15, 0.2) is 11.5 Å². The lowest BCUT2D eigenvalue weighted by atomic mass is 10.2. The van der Waals surface area contributed by atoms with E-state index in [9.17, 15) is 9.18 Å². The minimum absolute atomic E-state index is 0.286. The molecule has 2 aromatic heterocycles. The second-order valence-electron chi connectivity index (χ2n) is 6.53. The van der Waals surface area contributed by atoms with E-state index < -0.39 is 5.91 Å². The number of anilines is 1. The van der Waals surface area contributed by atoms with Gasteiger partial charge >= 0.3 is 0 Å². The largest absolute Gasteiger partial charge is 0.493 e. The molecule has 0 unspecified atom stereocenters. The van der Waals surface area contributed by atoms with Crippen LogP contribution in [0.1, 0.15) is 15.2 Å². The molecular formula is C22H17ClFN3O4S2. The molecule has 0 radical (unpaired) electrons. The number of carbonyl (C=O) groups is 1. The molecule has 0 saturated heterocycles. The Hall–Kier alpha value is -3.21. The molecule has 33 heavy (non-hydrogen) atoms. The quantitative estimate of drug-likeness (QED) is 0.232. The first-order valence-corrected chi connectivity index (χ1v) is 11.4. The van der Waals surface area contributed by atoms with Crippen LogP contribution in [0.5, 0.6) is 17.2 Å². The SMILES string of the molecule is COc1cc(/C=N/N(C(=O)c2ccc(Cl)s2)c2nc3ccc(F)cc3s2)cc(OC)c1OC. The average molecular weight is 506 g/mol. The van der Waals surface area contributed by atoms with Gasteiger partial charge in [-0.05, 0) is 42.5 Å². The number of halogens is 2. The number of carbonyl (C=O) groups excluding carboxylic acids is 1. The molecular weight excluding hydrogens is 489 g/mol. The summed E-state index contributed by atoms with van der Waals surface area (Å²) in [5.74, 6) is 0.511. The van der Waals surface area contributed by atoms with Crippen LogP contribution in [0.15, 0.2) is 47.6 Å². The van der Waals surface area contributed by atoms with Gasteiger partial charge in [-0.2, -0.15) is 10.1 Å². The number of benzene rings is 2. The number of hydrogen-bond donors (Lipinski definition) is 0. The van der Waals surface area contributed by atoms with Crippen molar-refractivity contribution in [1.82, 2.24) is 4.98 Å². The number of thiazole rings is 1. The van der Waals surface area contributed by atoms with Gasteiger partial charge in [-0.3, -0.25) is 4.79 Å².